The molecule has 3 rings (SSSR count). The van der Waals surface area contributed by atoms with Crippen molar-refractivity contribution in [2.45, 2.75) is 83.8 Å². The van der Waals surface area contributed by atoms with E-state index in [-0.39, 0.29) is 0 Å². The minimum atomic E-state index is 0.744. The Hall–Kier alpha value is -0.0800. The van der Waals surface area contributed by atoms with E-state index < -0.39 is 0 Å². The van der Waals surface area contributed by atoms with E-state index in [2.05, 4.69) is 31.0 Å². The first kappa shape index (κ1) is 14.8. The van der Waals surface area contributed by atoms with Crippen molar-refractivity contribution in [3.8, 4) is 0 Å². The maximum absolute atomic E-state index is 3.90. The van der Waals surface area contributed by atoms with E-state index in [4.69, 9.17) is 0 Å². The molecule has 1 N–H and O–H groups in total. The Kier molecular flexibility index (Phi) is 4.72. The lowest BCUT2D eigenvalue weighted by atomic mass is 9.75. The Bertz CT molecular complexity index is 309. The molecule has 0 amide bonds. The van der Waals surface area contributed by atoms with Crippen molar-refractivity contribution in [3.63, 3.8) is 0 Å². The molecule has 20 heavy (non-hydrogen) atoms. The standard InChI is InChI=1S/C18H34N2/c1-4-9-19-17-11-13(2)10-14(3)18(17)20(16-7-8-16)12-15-5-6-15/h13-19H,4-12H2,1-3H3. The van der Waals surface area contributed by atoms with E-state index >= 15 is 0 Å². The molecule has 116 valence electrons. The summed E-state index contributed by atoms with van der Waals surface area (Å²) < 4.78 is 0. The maximum Gasteiger partial charge on any atom is 0.0278 e. The number of nitrogens with one attached hydrogen (secondary N) is 1. The molecule has 0 aromatic rings. The van der Waals surface area contributed by atoms with Crippen molar-refractivity contribution < 1.29 is 0 Å². The van der Waals surface area contributed by atoms with Crippen molar-refractivity contribution in [2.24, 2.45) is 17.8 Å². The van der Waals surface area contributed by atoms with Crippen molar-refractivity contribution in [2.75, 3.05) is 13.1 Å². The van der Waals surface area contributed by atoms with Crippen LogP contribution in [0.15, 0.2) is 0 Å². The summed E-state index contributed by atoms with van der Waals surface area (Å²) in [5.74, 6) is 2.80. The zero-order chi connectivity index (χ0) is 14.1. The van der Waals surface area contributed by atoms with E-state index in [1.807, 2.05) is 0 Å². The van der Waals surface area contributed by atoms with Crippen LogP contribution in [0.2, 0.25) is 0 Å². The van der Waals surface area contributed by atoms with Gasteiger partial charge in [-0.15, -0.1) is 0 Å². The molecule has 4 unspecified atom stereocenters. The van der Waals surface area contributed by atoms with Crippen molar-refractivity contribution >= 4 is 0 Å². The highest BCUT2D eigenvalue weighted by molar-refractivity contribution is 5.00. The van der Waals surface area contributed by atoms with Gasteiger partial charge in [0.05, 0.1) is 0 Å². The van der Waals surface area contributed by atoms with E-state index in [9.17, 15) is 0 Å². The molecule has 0 bridgehead atoms. The predicted molar refractivity (Wildman–Crippen MR) is 85.9 cm³/mol. The lowest BCUT2D eigenvalue weighted by Gasteiger charge is -2.46. The molecule has 4 atom stereocenters. The van der Waals surface area contributed by atoms with Crippen LogP contribution in [0.3, 0.4) is 0 Å². The molecule has 0 spiro atoms. The Labute approximate surface area is 125 Å². The van der Waals surface area contributed by atoms with Gasteiger partial charge in [-0.2, -0.15) is 0 Å². The Morgan fingerprint density at radius 3 is 2.40 bits per heavy atom. The quantitative estimate of drug-likeness (QED) is 0.764. The van der Waals surface area contributed by atoms with E-state index in [1.54, 1.807) is 0 Å². The van der Waals surface area contributed by atoms with Gasteiger partial charge in [-0.05, 0) is 69.2 Å². The molecule has 0 saturated heterocycles. The third-order valence-corrected chi connectivity index (χ3v) is 5.65. The Balaban J connectivity index is 1.69. The molecule has 0 radical (unpaired) electrons. The molecular formula is C18H34N2. The lowest BCUT2D eigenvalue weighted by molar-refractivity contribution is 0.0516. The zero-order valence-corrected chi connectivity index (χ0v) is 13.8. The van der Waals surface area contributed by atoms with Gasteiger partial charge in [-0.25, -0.2) is 0 Å². The highest BCUT2D eigenvalue weighted by Gasteiger charge is 2.44. The summed E-state index contributed by atoms with van der Waals surface area (Å²) in [5, 5.41) is 3.90. The summed E-state index contributed by atoms with van der Waals surface area (Å²) in [6.45, 7) is 9.86. The highest BCUT2D eigenvalue weighted by Crippen LogP contribution is 2.41. The SMILES string of the molecule is CCCNC1CC(C)CC(C)C1N(CC1CC1)C1CC1. The monoisotopic (exact) mass is 278 g/mol. The Morgan fingerprint density at radius 1 is 1.05 bits per heavy atom. The summed E-state index contributed by atoms with van der Waals surface area (Å²) >= 11 is 0. The fourth-order valence-corrected chi connectivity index (χ4v) is 4.45. The van der Waals surface area contributed by atoms with E-state index in [0.717, 1.165) is 35.9 Å². The maximum atomic E-state index is 3.90. The first-order valence-corrected chi connectivity index (χ1v) is 9.18. The molecule has 0 aromatic carbocycles. The minimum Gasteiger partial charge on any atom is -0.312 e. The van der Waals surface area contributed by atoms with Gasteiger partial charge in [-0.1, -0.05) is 20.8 Å². The fraction of sp³-hybridized carbons (Fsp3) is 1.00. The average molecular weight is 278 g/mol. The third kappa shape index (κ3) is 3.57. The van der Waals surface area contributed by atoms with Crippen LogP contribution in [0.4, 0.5) is 0 Å². The molecular weight excluding hydrogens is 244 g/mol. The van der Waals surface area contributed by atoms with Gasteiger partial charge in [0.2, 0.25) is 0 Å². The molecule has 0 heterocycles. The fourth-order valence-electron chi connectivity index (χ4n) is 4.45. The second-order valence-corrected chi connectivity index (χ2v) is 7.98. The van der Waals surface area contributed by atoms with Crippen LogP contribution < -0.4 is 5.32 Å². The molecule has 0 aliphatic heterocycles. The van der Waals surface area contributed by atoms with Crippen molar-refractivity contribution in [1.29, 1.82) is 0 Å². The summed E-state index contributed by atoms with van der Waals surface area (Å²) in [5.41, 5.74) is 0. The van der Waals surface area contributed by atoms with Gasteiger partial charge >= 0.3 is 0 Å². The number of hydrogen-bond acceptors (Lipinski definition) is 2. The number of nitrogens with zero attached hydrogens (tertiary/aromatic N) is 1. The molecule has 3 fully saturated rings. The average Bonchev–Trinajstić information content (AvgIpc) is 3.26. The zero-order valence-electron chi connectivity index (χ0n) is 13.8. The summed E-state index contributed by atoms with van der Waals surface area (Å²) in [7, 11) is 0. The highest BCUT2D eigenvalue weighted by atomic mass is 15.2. The smallest absolute Gasteiger partial charge is 0.0278 e. The number of hydrogen-bond donors (Lipinski definition) is 1. The molecule has 2 heteroatoms. The van der Waals surface area contributed by atoms with E-state index in [0.29, 0.717) is 0 Å². The van der Waals surface area contributed by atoms with Gasteiger partial charge in [0.1, 0.15) is 0 Å². The molecule has 3 saturated carbocycles. The van der Waals surface area contributed by atoms with Crippen LogP contribution in [0.25, 0.3) is 0 Å². The first-order chi connectivity index (χ1) is 9.69. The van der Waals surface area contributed by atoms with Crippen LogP contribution in [0.5, 0.6) is 0 Å². The largest absolute Gasteiger partial charge is 0.312 e. The van der Waals surface area contributed by atoms with Crippen molar-refractivity contribution in [1.82, 2.24) is 10.2 Å². The van der Waals surface area contributed by atoms with Crippen LogP contribution in [0.1, 0.15) is 65.7 Å². The lowest BCUT2D eigenvalue weighted by Crippen LogP contribution is -2.57. The Morgan fingerprint density at radius 2 is 1.80 bits per heavy atom. The first-order valence-electron chi connectivity index (χ1n) is 9.18. The molecule has 3 aliphatic carbocycles. The van der Waals surface area contributed by atoms with Gasteiger partial charge in [0.25, 0.3) is 0 Å². The molecule has 3 aliphatic rings. The van der Waals surface area contributed by atoms with Crippen LogP contribution in [0, 0.1) is 17.8 Å². The molecule has 0 aromatic heterocycles. The summed E-state index contributed by atoms with van der Waals surface area (Å²) in [6, 6.07) is 2.49. The normalized spacial score (nSPS) is 38.4. The predicted octanol–water partition coefficient (Wildman–Crippen LogP) is 3.66. The minimum absolute atomic E-state index is 0.744. The number of rotatable bonds is 7. The van der Waals surface area contributed by atoms with Crippen LogP contribution in [-0.2, 0) is 0 Å². The second-order valence-electron chi connectivity index (χ2n) is 7.98. The van der Waals surface area contributed by atoms with Crippen LogP contribution in [-0.4, -0.2) is 36.1 Å². The van der Waals surface area contributed by atoms with E-state index in [1.165, 1.54) is 58.0 Å². The molecule has 2 nitrogen and oxygen atoms in total. The topological polar surface area (TPSA) is 15.3 Å². The third-order valence-electron chi connectivity index (χ3n) is 5.65. The van der Waals surface area contributed by atoms with Gasteiger partial charge in [-0.3, -0.25) is 4.90 Å². The van der Waals surface area contributed by atoms with Gasteiger partial charge in [0, 0.05) is 24.7 Å². The summed E-state index contributed by atoms with van der Waals surface area (Å²) in [6.07, 6.45) is 10.0. The second kappa shape index (κ2) is 6.36. The summed E-state index contributed by atoms with van der Waals surface area (Å²) in [4.78, 5) is 2.95. The van der Waals surface area contributed by atoms with Gasteiger partial charge < -0.3 is 5.32 Å². The van der Waals surface area contributed by atoms with Gasteiger partial charge in [0.15, 0.2) is 0 Å². The van der Waals surface area contributed by atoms with Crippen LogP contribution >= 0.6 is 0 Å². The van der Waals surface area contributed by atoms with Crippen molar-refractivity contribution in [3.05, 3.63) is 0 Å².